The van der Waals surface area contributed by atoms with Crippen LogP contribution in [-0.4, -0.2) is 51.3 Å². The Morgan fingerprint density at radius 1 is 1.38 bits per heavy atom. The van der Waals surface area contributed by atoms with Crippen molar-refractivity contribution in [3.8, 4) is 0 Å². The molecule has 1 aliphatic carbocycles. The van der Waals surface area contributed by atoms with Crippen molar-refractivity contribution in [1.29, 1.82) is 0 Å². The number of amides is 2. The van der Waals surface area contributed by atoms with E-state index in [1.807, 2.05) is 18.7 Å². The first-order valence-electron chi connectivity index (χ1n) is 7.53. The molecule has 0 atom stereocenters. The van der Waals surface area contributed by atoms with Crippen LogP contribution < -0.4 is 5.32 Å². The fourth-order valence-electron chi connectivity index (χ4n) is 2.38. The number of rotatable bonds is 5. The highest BCUT2D eigenvalue weighted by Crippen LogP contribution is 2.27. The number of likely N-dealkylation sites (tertiary alicyclic amines) is 1. The van der Waals surface area contributed by atoms with Crippen molar-refractivity contribution in [2.75, 3.05) is 19.6 Å². The molecule has 7 heteroatoms. The Hall–Kier alpha value is -1.92. The van der Waals surface area contributed by atoms with Crippen LogP contribution in [0.3, 0.4) is 0 Å². The van der Waals surface area contributed by atoms with Gasteiger partial charge in [0.2, 0.25) is 5.91 Å². The summed E-state index contributed by atoms with van der Waals surface area (Å²) in [5, 5.41) is 10.8. The highest BCUT2D eigenvalue weighted by molar-refractivity contribution is 5.91. The molecular formula is C14H21N5O2. The maximum atomic E-state index is 11.9. The maximum absolute atomic E-state index is 11.9. The van der Waals surface area contributed by atoms with Gasteiger partial charge < -0.3 is 10.2 Å². The molecule has 2 aliphatic rings. The molecule has 114 valence electrons. The van der Waals surface area contributed by atoms with Gasteiger partial charge in [-0.3, -0.25) is 9.59 Å². The second-order valence-electron chi connectivity index (χ2n) is 6.29. The van der Waals surface area contributed by atoms with Gasteiger partial charge in [0, 0.05) is 25.6 Å². The lowest BCUT2D eigenvalue weighted by Crippen LogP contribution is -2.52. The monoisotopic (exact) mass is 291 g/mol. The van der Waals surface area contributed by atoms with Crippen LogP contribution in [0, 0.1) is 11.8 Å². The SMILES string of the molecule is CC(C)C(=O)N1CC(n2cc(C(=O)NCC3CC3)nn2)C1. The summed E-state index contributed by atoms with van der Waals surface area (Å²) in [6, 6.07) is 0.130. The van der Waals surface area contributed by atoms with Crippen LogP contribution in [-0.2, 0) is 4.79 Å². The third-order valence-electron chi connectivity index (χ3n) is 4.03. The van der Waals surface area contributed by atoms with Crippen molar-refractivity contribution in [3.63, 3.8) is 0 Å². The molecule has 1 aromatic heterocycles. The molecule has 1 N–H and O–H groups in total. The lowest BCUT2D eigenvalue weighted by molar-refractivity contribution is -0.140. The summed E-state index contributed by atoms with van der Waals surface area (Å²) in [5.41, 5.74) is 0.351. The molecule has 1 aromatic rings. The molecule has 1 saturated heterocycles. The number of aromatic nitrogens is 3. The van der Waals surface area contributed by atoms with Gasteiger partial charge >= 0.3 is 0 Å². The van der Waals surface area contributed by atoms with Crippen LogP contribution in [0.25, 0.3) is 0 Å². The molecule has 2 fully saturated rings. The quantitative estimate of drug-likeness (QED) is 0.854. The third kappa shape index (κ3) is 3.06. The zero-order valence-corrected chi connectivity index (χ0v) is 12.5. The molecule has 1 aliphatic heterocycles. The molecule has 0 radical (unpaired) electrons. The zero-order chi connectivity index (χ0) is 15.0. The Morgan fingerprint density at radius 3 is 2.71 bits per heavy atom. The number of hydrogen-bond donors (Lipinski definition) is 1. The van der Waals surface area contributed by atoms with Gasteiger partial charge in [0.05, 0.1) is 12.2 Å². The second-order valence-corrected chi connectivity index (χ2v) is 6.29. The Bertz CT molecular complexity index is 543. The van der Waals surface area contributed by atoms with E-state index in [-0.39, 0.29) is 23.8 Å². The van der Waals surface area contributed by atoms with Crippen molar-refractivity contribution >= 4 is 11.8 Å². The van der Waals surface area contributed by atoms with E-state index in [2.05, 4.69) is 15.6 Å². The fourth-order valence-corrected chi connectivity index (χ4v) is 2.38. The predicted octanol–water partition coefficient (Wildman–Crippen LogP) is 0.457. The van der Waals surface area contributed by atoms with Crippen LogP contribution in [0.2, 0.25) is 0 Å². The van der Waals surface area contributed by atoms with Gasteiger partial charge in [0.15, 0.2) is 5.69 Å². The number of carbonyl (C=O) groups excluding carboxylic acids is 2. The summed E-state index contributed by atoms with van der Waals surface area (Å²) in [7, 11) is 0. The van der Waals surface area contributed by atoms with Gasteiger partial charge in [-0.2, -0.15) is 0 Å². The van der Waals surface area contributed by atoms with Crippen LogP contribution >= 0.6 is 0 Å². The van der Waals surface area contributed by atoms with Gasteiger partial charge in [-0.15, -0.1) is 5.10 Å². The molecule has 0 unspecified atom stereocenters. The van der Waals surface area contributed by atoms with E-state index in [0.717, 1.165) is 6.54 Å². The van der Waals surface area contributed by atoms with Gasteiger partial charge in [0.1, 0.15) is 0 Å². The Morgan fingerprint density at radius 2 is 2.10 bits per heavy atom. The van der Waals surface area contributed by atoms with Gasteiger partial charge in [-0.1, -0.05) is 19.1 Å². The Kier molecular flexibility index (Phi) is 3.65. The van der Waals surface area contributed by atoms with Crippen molar-refractivity contribution in [2.45, 2.75) is 32.7 Å². The van der Waals surface area contributed by atoms with Crippen LogP contribution in [0.4, 0.5) is 0 Å². The largest absolute Gasteiger partial charge is 0.350 e. The first-order chi connectivity index (χ1) is 10.0. The van der Waals surface area contributed by atoms with E-state index < -0.39 is 0 Å². The summed E-state index contributed by atoms with van der Waals surface area (Å²) in [5.74, 6) is 0.660. The fraction of sp³-hybridized carbons (Fsp3) is 0.714. The minimum absolute atomic E-state index is 0.0189. The Labute approximate surface area is 123 Å². The summed E-state index contributed by atoms with van der Waals surface area (Å²) in [6.45, 7) is 5.81. The molecule has 0 spiro atoms. The van der Waals surface area contributed by atoms with E-state index in [4.69, 9.17) is 0 Å². The third-order valence-corrected chi connectivity index (χ3v) is 4.03. The van der Waals surface area contributed by atoms with Gasteiger partial charge in [-0.25, -0.2) is 4.68 Å². The number of nitrogens with one attached hydrogen (secondary N) is 1. The van der Waals surface area contributed by atoms with Gasteiger partial charge in [-0.05, 0) is 18.8 Å². The van der Waals surface area contributed by atoms with E-state index in [1.54, 1.807) is 10.9 Å². The normalized spacial score (nSPS) is 18.7. The Balaban J connectivity index is 1.51. The summed E-state index contributed by atoms with van der Waals surface area (Å²) >= 11 is 0. The molecular weight excluding hydrogens is 270 g/mol. The second kappa shape index (κ2) is 5.46. The van der Waals surface area contributed by atoms with E-state index >= 15 is 0 Å². The summed E-state index contributed by atoms with van der Waals surface area (Å²) in [4.78, 5) is 25.5. The maximum Gasteiger partial charge on any atom is 0.273 e. The van der Waals surface area contributed by atoms with Crippen LogP contribution in [0.15, 0.2) is 6.20 Å². The van der Waals surface area contributed by atoms with Crippen molar-refractivity contribution in [1.82, 2.24) is 25.2 Å². The van der Waals surface area contributed by atoms with Gasteiger partial charge in [0.25, 0.3) is 5.91 Å². The average Bonchev–Trinajstić information content (AvgIpc) is 3.11. The molecule has 3 rings (SSSR count). The zero-order valence-electron chi connectivity index (χ0n) is 12.5. The molecule has 1 saturated carbocycles. The van der Waals surface area contributed by atoms with E-state index in [9.17, 15) is 9.59 Å². The first kappa shape index (κ1) is 14.0. The lowest BCUT2D eigenvalue weighted by Gasteiger charge is -2.39. The first-order valence-corrected chi connectivity index (χ1v) is 7.53. The molecule has 21 heavy (non-hydrogen) atoms. The summed E-state index contributed by atoms with van der Waals surface area (Å²) < 4.78 is 1.69. The topological polar surface area (TPSA) is 80.1 Å². The standard InChI is InChI=1S/C14H21N5O2/c1-9(2)14(21)18-6-11(7-18)19-8-12(16-17-19)13(20)15-5-10-3-4-10/h8-11H,3-7H2,1-2H3,(H,15,20). The average molecular weight is 291 g/mol. The van der Waals surface area contributed by atoms with Crippen LogP contribution in [0.1, 0.15) is 43.2 Å². The van der Waals surface area contributed by atoms with E-state index in [1.165, 1.54) is 12.8 Å². The molecule has 2 heterocycles. The van der Waals surface area contributed by atoms with Crippen molar-refractivity contribution < 1.29 is 9.59 Å². The van der Waals surface area contributed by atoms with Crippen molar-refractivity contribution in [3.05, 3.63) is 11.9 Å². The predicted molar refractivity (Wildman–Crippen MR) is 75.5 cm³/mol. The number of nitrogens with zero attached hydrogens (tertiary/aromatic N) is 4. The summed E-state index contributed by atoms with van der Waals surface area (Å²) in [6.07, 6.45) is 4.08. The van der Waals surface area contributed by atoms with Crippen molar-refractivity contribution in [2.24, 2.45) is 11.8 Å². The molecule has 0 bridgehead atoms. The molecule has 7 nitrogen and oxygen atoms in total. The smallest absolute Gasteiger partial charge is 0.273 e. The molecule has 0 aromatic carbocycles. The lowest BCUT2D eigenvalue weighted by atomic mass is 10.1. The minimum atomic E-state index is -0.164. The number of carbonyl (C=O) groups is 2. The molecule has 2 amide bonds. The highest BCUT2D eigenvalue weighted by Gasteiger charge is 2.34. The van der Waals surface area contributed by atoms with Crippen LogP contribution in [0.5, 0.6) is 0 Å². The van der Waals surface area contributed by atoms with E-state index in [0.29, 0.717) is 24.7 Å². The minimum Gasteiger partial charge on any atom is -0.350 e. The number of hydrogen-bond acceptors (Lipinski definition) is 4. The highest BCUT2D eigenvalue weighted by atomic mass is 16.2.